The SMILES string of the molecule is CC1(C)C(NC(=O)/C(=N\OCCOc2ccc3nc(NC4CNC4)sc3c2)c2csc(N)n2)C(=O)N1OS(=O)(=O)O.O=CO. The van der Waals surface area contributed by atoms with Gasteiger partial charge in [-0.25, -0.2) is 9.97 Å². The molecule has 0 bridgehead atoms. The molecular weight excluding hydrogens is 645 g/mol. The summed E-state index contributed by atoms with van der Waals surface area (Å²) < 4.78 is 42.0. The van der Waals surface area contributed by atoms with Crippen molar-refractivity contribution in [3.63, 3.8) is 0 Å². The monoisotopic (exact) mass is 672 g/mol. The first-order chi connectivity index (χ1) is 20.8. The van der Waals surface area contributed by atoms with Crippen LogP contribution < -0.4 is 26.4 Å². The van der Waals surface area contributed by atoms with Gasteiger partial charge >= 0.3 is 10.4 Å². The number of thiazole rings is 2. The van der Waals surface area contributed by atoms with E-state index >= 15 is 0 Å². The van der Waals surface area contributed by atoms with Crippen molar-refractivity contribution < 1.29 is 46.3 Å². The zero-order valence-electron chi connectivity index (χ0n) is 23.1. The fourth-order valence-electron chi connectivity index (χ4n) is 3.95. The number of hydrogen-bond donors (Lipinski definition) is 6. The van der Waals surface area contributed by atoms with Gasteiger partial charge in [-0.05, 0) is 32.0 Å². The minimum atomic E-state index is -4.94. The molecule has 0 radical (unpaired) electrons. The van der Waals surface area contributed by atoms with E-state index in [1.165, 1.54) is 30.6 Å². The summed E-state index contributed by atoms with van der Waals surface area (Å²) in [4.78, 5) is 47.8. The maximum Gasteiger partial charge on any atom is 0.418 e. The summed E-state index contributed by atoms with van der Waals surface area (Å²) in [6.07, 6.45) is 0. The van der Waals surface area contributed by atoms with Gasteiger partial charge in [0.15, 0.2) is 22.6 Å². The number of β-lactam (4-membered cyclic amide) rings is 1. The number of nitrogens with one attached hydrogen (secondary N) is 3. The highest BCUT2D eigenvalue weighted by Gasteiger charge is 2.58. The van der Waals surface area contributed by atoms with Gasteiger partial charge in [-0.2, -0.15) is 13.5 Å². The molecule has 44 heavy (non-hydrogen) atoms. The second-order valence-corrected chi connectivity index (χ2v) is 12.6. The Labute approximate surface area is 258 Å². The number of amides is 2. The molecule has 1 atom stereocenters. The molecule has 2 amide bonds. The smallest absolute Gasteiger partial charge is 0.418 e. The largest absolute Gasteiger partial charge is 0.490 e. The van der Waals surface area contributed by atoms with Gasteiger partial charge in [0.2, 0.25) is 0 Å². The maximum atomic E-state index is 13.1. The second-order valence-electron chi connectivity index (χ2n) is 9.64. The summed E-state index contributed by atoms with van der Waals surface area (Å²) in [5.74, 6) is -1.11. The normalized spacial score (nSPS) is 18.0. The van der Waals surface area contributed by atoms with Crippen LogP contribution in [0.3, 0.4) is 0 Å². The highest BCUT2D eigenvalue weighted by molar-refractivity contribution is 7.80. The fourth-order valence-corrected chi connectivity index (χ4v) is 5.92. The molecule has 0 spiro atoms. The number of nitrogens with zero attached hydrogens (tertiary/aromatic N) is 4. The van der Waals surface area contributed by atoms with Crippen LogP contribution in [0, 0.1) is 0 Å². The molecule has 1 unspecified atom stereocenters. The molecule has 3 aromatic rings. The number of nitrogens with two attached hydrogens (primary N) is 1. The molecule has 21 heteroatoms. The first kappa shape index (κ1) is 32.8. The molecule has 2 aliphatic heterocycles. The number of carbonyl (C=O) groups excluding carboxylic acids is 2. The van der Waals surface area contributed by atoms with Crippen LogP contribution in [-0.4, -0.2) is 101 Å². The number of benzene rings is 1. The Morgan fingerprint density at radius 2 is 2.05 bits per heavy atom. The first-order valence-corrected chi connectivity index (χ1v) is 15.7. The number of hydrogen-bond acceptors (Lipinski definition) is 16. The number of ether oxygens (including phenoxy) is 1. The van der Waals surface area contributed by atoms with E-state index in [9.17, 15) is 18.0 Å². The van der Waals surface area contributed by atoms with Crippen LogP contribution in [0.25, 0.3) is 10.2 Å². The zero-order chi connectivity index (χ0) is 32.1. The summed E-state index contributed by atoms with van der Waals surface area (Å²) in [6, 6.07) is 4.73. The molecule has 0 saturated carbocycles. The second kappa shape index (κ2) is 13.7. The van der Waals surface area contributed by atoms with E-state index in [0.717, 1.165) is 39.8 Å². The quantitative estimate of drug-likeness (QED) is 0.0371. The van der Waals surface area contributed by atoms with Crippen LogP contribution in [0.4, 0.5) is 10.3 Å². The summed E-state index contributed by atoms with van der Waals surface area (Å²) in [5.41, 5.74) is 5.10. The number of carboxylic acid groups (broad SMARTS) is 1. The van der Waals surface area contributed by atoms with Gasteiger partial charge in [0, 0.05) is 18.5 Å². The lowest BCUT2D eigenvalue weighted by molar-refractivity contribution is -0.218. The number of hydroxylamine groups is 2. The average Bonchev–Trinajstić information content (AvgIpc) is 3.54. The molecule has 1 aromatic carbocycles. The molecule has 5 rings (SSSR count). The molecule has 0 aliphatic carbocycles. The molecule has 2 aliphatic rings. The van der Waals surface area contributed by atoms with Crippen molar-refractivity contribution in [1.29, 1.82) is 0 Å². The van der Waals surface area contributed by atoms with E-state index in [2.05, 4.69) is 35.4 Å². The van der Waals surface area contributed by atoms with E-state index in [1.54, 1.807) is 6.07 Å². The van der Waals surface area contributed by atoms with E-state index < -0.39 is 33.8 Å². The van der Waals surface area contributed by atoms with Crippen LogP contribution in [-0.2, 0) is 33.9 Å². The molecule has 238 valence electrons. The van der Waals surface area contributed by atoms with Gasteiger partial charge in [-0.15, -0.1) is 15.6 Å². The Hall–Kier alpha value is -4.15. The zero-order valence-corrected chi connectivity index (χ0v) is 25.6. The van der Waals surface area contributed by atoms with Crippen molar-refractivity contribution in [2.24, 2.45) is 5.16 Å². The minimum Gasteiger partial charge on any atom is -0.490 e. The Bertz CT molecular complexity index is 1650. The van der Waals surface area contributed by atoms with Gasteiger partial charge in [-0.1, -0.05) is 16.5 Å². The molecule has 4 heterocycles. The topological polar surface area (TPSA) is 257 Å². The van der Waals surface area contributed by atoms with E-state index in [4.69, 9.17) is 29.8 Å². The van der Waals surface area contributed by atoms with E-state index in [1.807, 2.05) is 12.1 Å². The van der Waals surface area contributed by atoms with E-state index in [-0.39, 0.29) is 36.2 Å². The maximum absolute atomic E-state index is 13.1. The number of rotatable bonds is 12. The molecule has 2 saturated heterocycles. The number of fused-ring (bicyclic) bond motifs is 1. The standard InChI is InChI=1S/C22H26N8O8S3.CH2O2/c1-22(2)17(19(32)30(22)38-41(33,34)35)28-18(31)16(14-10-39-20(23)26-14)29-37-6-5-36-12-3-4-13-15(7-12)40-21(27-13)25-11-8-24-9-11;2-1-3/h3-4,7,10-11,17,24H,5-6,8-9H2,1-2H3,(H2,23,26)(H,25,27)(H,28,31)(H,33,34,35);1H,(H,2,3)/b29-16-;. The van der Waals surface area contributed by atoms with Crippen LogP contribution >= 0.6 is 22.7 Å². The Kier molecular flexibility index (Phi) is 10.2. The van der Waals surface area contributed by atoms with Crippen molar-refractivity contribution in [1.82, 2.24) is 25.7 Å². The third kappa shape index (κ3) is 7.86. The predicted octanol–water partition coefficient (Wildman–Crippen LogP) is 0.0592. The van der Waals surface area contributed by atoms with Crippen LogP contribution in [0.5, 0.6) is 5.75 Å². The number of carbonyl (C=O) groups is 3. The molecule has 18 nitrogen and oxygen atoms in total. The Morgan fingerprint density at radius 1 is 1.32 bits per heavy atom. The predicted molar refractivity (Wildman–Crippen MR) is 159 cm³/mol. The molecular formula is C23H28N8O10S3. The van der Waals surface area contributed by atoms with Crippen molar-refractivity contribution in [3.8, 4) is 5.75 Å². The molecule has 2 aromatic heterocycles. The van der Waals surface area contributed by atoms with Crippen molar-refractivity contribution in [2.45, 2.75) is 31.5 Å². The number of oxime groups is 1. The lowest BCUT2D eigenvalue weighted by Gasteiger charge is -2.50. The Balaban J connectivity index is 0.00000141. The average molecular weight is 673 g/mol. The highest BCUT2D eigenvalue weighted by atomic mass is 32.3. The lowest BCUT2D eigenvalue weighted by atomic mass is 9.84. The van der Waals surface area contributed by atoms with Crippen molar-refractivity contribution >= 4 is 77.6 Å². The number of anilines is 2. The Morgan fingerprint density at radius 3 is 2.64 bits per heavy atom. The van der Waals surface area contributed by atoms with Crippen molar-refractivity contribution in [3.05, 3.63) is 29.3 Å². The van der Waals surface area contributed by atoms with Gasteiger partial charge in [-0.3, -0.25) is 18.9 Å². The number of aromatic nitrogens is 2. The van der Waals surface area contributed by atoms with Gasteiger partial charge < -0.3 is 36.4 Å². The lowest BCUT2D eigenvalue weighted by Crippen LogP contribution is -2.76. The van der Waals surface area contributed by atoms with Crippen LogP contribution in [0.1, 0.15) is 19.5 Å². The molecule has 2 fully saturated rings. The summed E-state index contributed by atoms with van der Waals surface area (Å²) in [7, 11) is -4.94. The van der Waals surface area contributed by atoms with Crippen LogP contribution in [0.15, 0.2) is 28.7 Å². The molecule has 7 N–H and O–H groups in total. The summed E-state index contributed by atoms with van der Waals surface area (Å²) in [6.45, 7) is 4.52. The third-order valence-electron chi connectivity index (χ3n) is 6.17. The van der Waals surface area contributed by atoms with Crippen molar-refractivity contribution in [2.75, 3.05) is 37.4 Å². The van der Waals surface area contributed by atoms with E-state index in [0.29, 0.717) is 16.9 Å². The number of nitrogen functional groups attached to an aromatic ring is 1. The van der Waals surface area contributed by atoms with Gasteiger partial charge in [0.05, 0.1) is 21.8 Å². The van der Waals surface area contributed by atoms with Crippen LogP contribution in [0.2, 0.25) is 0 Å². The highest BCUT2D eigenvalue weighted by Crippen LogP contribution is 2.33. The summed E-state index contributed by atoms with van der Waals surface area (Å²) in [5, 5.41) is 22.8. The third-order valence-corrected chi connectivity index (χ3v) is 8.13. The van der Waals surface area contributed by atoms with Gasteiger partial charge in [0.1, 0.15) is 24.1 Å². The summed E-state index contributed by atoms with van der Waals surface area (Å²) >= 11 is 2.60. The fraction of sp³-hybridized carbons (Fsp3) is 0.391. The van der Waals surface area contributed by atoms with Gasteiger partial charge in [0.25, 0.3) is 18.3 Å². The first-order valence-electron chi connectivity index (χ1n) is 12.6. The minimum absolute atomic E-state index is 0.0254.